The number of carbonyl (C=O) groups excluding carboxylic acids is 1. The van der Waals surface area contributed by atoms with Gasteiger partial charge in [-0.25, -0.2) is 9.67 Å². The molecular formula is C21H25N5O2. The normalized spacial score (nSPS) is 13.9. The predicted molar refractivity (Wildman–Crippen MR) is 110 cm³/mol. The third-order valence-corrected chi connectivity index (χ3v) is 5.05. The minimum absolute atomic E-state index is 0.103. The van der Waals surface area contributed by atoms with Crippen molar-refractivity contribution in [2.45, 2.75) is 26.7 Å². The van der Waals surface area contributed by atoms with E-state index in [0.717, 1.165) is 46.8 Å². The molecule has 7 heteroatoms. The van der Waals surface area contributed by atoms with Gasteiger partial charge < -0.3 is 15.0 Å². The summed E-state index contributed by atoms with van der Waals surface area (Å²) in [5.41, 5.74) is 4.60. The van der Waals surface area contributed by atoms with Gasteiger partial charge in [-0.1, -0.05) is 12.1 Å². The second-order valence-electron chi connectivity index (χ2n) is 7.26. The van der Waals surface area contributed by atoms with Crippen molar-refractivity contribution in [3.8, 4) is 5.88 Å². The Balaban J connectivity index is 1.48. The lowest BCUT2D eigenvalue weighted by Crippen LogP contribution is -2.24. The molecule has 0 unspecified atom stereocenters. The van der Waals surface area contributed by atoms with Gasteiger partial charge in [-0.2, -0.15) is 0 Å². The number of fused-ring (bicyclic) bond motifs is 1. The van der Waals surface area contributed by atoms with Crippen LogP contribution >= 0.6 is 0 Å². The molecule has 1 aromatic carbocycles. The van der Waals surface area contributed by atoms with Crippen molar-refractivity contribution in [3.63, 3.8) is 0 Å². The molecule has 0 aliphatic carbocycles. The third-order valence-electron chi connectivity index (χ3n) is 5.05. The first kappa shape index (κ1) is 18.3. The zero-order valence-electron chi connectivity index (χ0n) is 16.5. The van der Waals surface area contributed by atoms with Crippen LogP contribution in [0.25, 0.3) is 11.0 Å². The van der Waals surface area contributed by atoms with E-state index in [1.54, 1.807) is 4.68 Å². The molecule has 1 aliphatic rings. The first-order chi connectivity index (χ1) is 13.5. The molecule has 146 valence electrons. The van der Waals surface area contributed by atoms with Gasteiger partial charge in [-0.3, -0.25) is 4.79 Å². The van der Waals surface area contributed by atoms with Crippen LogP contribution in [0.2, 0.25) is 0 Å². The molecule has 3 heterocycles. The maximum atomic E-state index is 12.5. The molecule has 0 saturated carbocycles. The summed E-state index contributed by atoms with van der Waals surface area (Å²) < 4.78 is 7.45. The molecule has 3 aromatic rings. The number of hydrogen-bond donors (Lipinski definition) is 1. The number of carbonyl (C=O) groups is 1. The van der Waals surface area contributed by atoms with Crippen molar-refractivity contribution in [2.24, 2.45) is 7.05 Å². The lowest BCUT2D eigenvalue weighted by Gasteiger charge is -2.21. The van der Waals surface area contributed by atoms with E-state index in [1.165, 1.54) is 12.8 Å². The largest absolute Gasteiger partial charge is 0.466 e. The van der Waals surface area contributed by atoms with Crippen LogP contribution in [0, 0.1) is 13.8 Å². The highest BCUT2D eigenvalue weighted by molar-refractivity contribution is 5.95. The average molecular weight is 379 g/mol. The molecule has 0 radical (unpaired) electrons. The fourth-order valence-electron chi connectivity index (χ4n) is 3.78. The van der Waals surface area contributed by atoms with Crippen molar-refractivity contribution in [1.29, 1.82) is 0 Å². The van der Waals surface area contributed by atoms with Crippen molar-refractivity contribution in [3.05, 3.63) is 41.6 Å². The number of aromatic nitrogens is 3. The Labute approximate surface area is 164 Å². The monoisotopic (exact) mass is 379 g/mol. The van der Waals surface area contributed by atoms with Crippen LogP contribution in [0.15, 0.2) is 30.3 Å². The summed E-state index contributed by atoms with van der Waals surface area (Å²) in [5, 5.41) is 8.22. The highest BCUT2D eigenvalue weighted by Gasteiger charge is 2.18. The second kappa shape index (κ2) is 7.50. The Morgan fingerprint density at radius 2 is 1.96 bits per heavy atom. The first-order valence-electron chi connectivity index (χ1n) is 9.60. The Hall–Kier alpha value is -3.09. The van der Waals surface area contributed by atoms with Crippen molar-refractivity contribution < 1.29 is 9.53 Å². The molecule has 7 nitrogen and oxygen atoms in total. The van der Waals surface area contributed by atoms with Crippen molar-refractivity contribution in [1.82, 2.24) is 14.8 Å². The minimum Gasteiger partial charge on any atom is -0.466 e. The molecular weight excluding hydrogens is 354 g/mol. The van der Waals surface area contributed by atoms with Gasteiger partial charge in [0.2, 0.25) is 5.88 Å². The number of anilines is 2. The zero-order chi connectivity index (χ0) is 19.7. The first-order valence-corrected chi connectivity index (χ1v) is 9.60. The van der Waals surface area contributed by atoms with Gasteiger partial charge in [0.05, 0.1) is 16.8 Å². The summed E-state index contributed by atoms with van der Waals surface area (Å²) >= 11 is 0. The van der Waals surface area contributed by atoms with Gasteiger partial charge in [0.1, 0.15) is 0 Å². The number of nitrogens with one attached hydrogen (secondary N) is 1. The molecule has 2 aromatic heterocycles. The Morgan fingerprint density at radius 3 is 2.75 bits per heavy atom. The predicted octanol–water partition coefficient (Wildman–Crippen LogP) is 3.20. The number of benzene rings is 1. The molecule has 0 atom stereocenters. The third kappa shape index (κ3) is 3.52. The number of ether oxygens (including phenoxy) is 1. The van der Waals surface area contributed by atoms with E-state index in [1.807, 2.05) is 51.2 Å². The summed E-state index contributed by atoms with van der Waals surface area (Å²) in [6.45, 7) is 5.89. The van der Waals surface area contributed by atoms with Gasteiger partial charge >= 0.3 is 0 Å². The van der Waals surface area contributed by atoms with Crippen LogP contribution in [0.1, 0.15) is 24.1 Å². The molecule has 1 saturated heterocycles. The smallest absolute Gasteiger partial charge is 0.262 e. The van der Waals surface area contributed by atoms with E-state index in [4.69, 9.17) is 4.74 Å². The Kier molecular flexibility index (Phi) is 4.90. The zero-order valence-corrected chi connectivity index (χ0v) is 16.5. The fraction of sp³-hybridized carbons (Fsp3) is 0.381. The topological polar surface area (TPSA) is 72.3 Å². The lowest BCUT2D eigenvalue weighted by atomic mass is 10.2. The van der Waals surface area contributed by atoms with Gasteiger partial charge in [0.15, 0.2) is 12.3 Å². The molecule has 1 amide bonds. The van der Waals surface area contributed by atoms with Crippen molar-refractivity contribution in [2.75, 3.05) is 29.9 Å². The van der Waals surface area contributed by atoms with Gasteiger partial charge in [0.25, 0.3) is 5.91 Å². The standard InChI is InChI=1S/C21H25N5O2/c1-14-12-15(2)22-20-19(14)21(24-25(20)3)28-13-18(27)23-16-8-4-5-9-17(16)26-10-6-7-11-26/h4-5,8-9,12H,6-7,10-11,13H2,1-3H3,(H,23,27). The molecule has 0 spiro atoms. The van der Waals surface area contributed by atoms with Gasteiger partial charge in [0, 0.05) is 25.8 Å². The van der Waals surface area contributed by atoms with Crippen LogP contribution in [0.4, 0.5) is 11.4 Å². The highest BCUT2D eigenvalue weighted by Crippen LogP contribution is 2.29. The number of amides is 1. The van der Waals surface area contributed by atoms with E-state index in [9.17, 15) is 4.79 Å². The average Bonchev–Trinajstić information content (AvgIpc) is 3.29. The number of para-hydroxylation sites is 2. The van der Waals surface area contributed by atoms with E-state index in [0.29, 0.717) is 5.88 Å². The highest BCUT2D eigenvalue weighted by atomic mass is 16.5. The van der Waals surface area contributed by atoms with Crippen LogP contribution in [0.3, 0.4) is 0 Å². The summed E-state index contributed by atoms with van der Waals surface area (Å²) in [6, 6.07) is 9.89. The van der Waals surface area contributed by atoms with E-state index in [-0.39, 0.29) is 12.5 Å². The molecule has 4 rings (SSSR count). The molecule has 1 fully saturated rings. The summed E-state index contributed by atoms with van der Waals surface area (Å²) in [5.74, 6) is 0.230. The molecule has 28 heavy (non-hydrogen) atoms. The van der Waals surface area contributed by atoms with Crippen LogP contribution < -0.4 is 15.0 Å². The van der Waals surface area contributed by atoms with E-state index < -0.39 is 0 Å². The molecule has 1 aliphatic heterocycles. The molecule has 0 bridgehead atoms. The summed E-state index contributed by atoms with van der Waals surface area (Å²) in [4.78, 5) is 19.4. The fourth-order valence-corrected chi connectivity index (χ4v) is 3.78. The van der Waals surface area contributed by atoms with Crippen molar-refractivity contribution >= 4 is 28.3 Å². The van der Waals surface area contributed by atoms with Crippen LogP contribution in [-0.4, -0.2) is 40.4 Å². The van der Waals surface area contributed by atoms with Crippen LogP contribution in [0.5, 0.6) is 5.88 Å². The number of rotatable bonds is 5. The van der Waals surface area contributed by atoms with Gasteiger partial charge in [-0.05, 0) is 50.5 Å². The van der Waals surface area contributed by atoms with E-state index in [2.05, 4.69) is 20.3 Å². The maximum Gasteiger partial charge on any atom is 0.262 e. The number of hydrogen-bond acceptors (Lipinski definition) is 5. The van der Waals surface area contributed by atoms with Gasteiger partial charge in [-0.15, -0.1) is 5.10 Å². The number of aryl methyl sites for hydroxylation is 3. The lowest BCUT2D eigenvalue weighted by molar-refractivity contribution is -0.118. The number of nitrogens with zero attached hydrogens (tertiary/aromatic N) is 4. The molecule has 1 N–H and O–H groups in total. The summed E-state index contributed by atoms with van der Waals surface area (Å²) in [7, 11) is 1.83. The summed E-state index contributed by atoms with van der Waals surface area (Å²) in [6.07, 6.45) is 2.37. The second-order valence-corrected chi connectivity index (χ2v) is 7.26. The Morgan fingerprint density at radius 1 is 1.21 bits per heavy atom. The Bertz CT molecular complexity index is 1020. The van der Waals surface area contributed by atoms with Crippen LogP contribution in [-0.2, 0) is 11.8 Å². The maximum absolute atomic E-state index is 12.5. The SMILES string of the molecule is Cc1cc(C)c2c(OCC(=O)Nc3ccccc3N3CCCC3)nn(C)c2n1. The minimum atomic E-state index is -0.205. The quantitative estimate of drug-likeness (QED) is 0.737. The van der Waals surface area contributed by atoms with E-state index >= 15 is 0 Å². The number of pyridine rings is 1.